The number of hydrogen-bond donors (Lipinski definition) is 1. The molecular formula is C17H17NO2S. The van der Waals surface area contributed by atoms with Gasteiger partial charge in [-0.1, -0.05) is 24.3 Å². The van der Waals surface area contributed by atoms with Gasteiger partial charge in [0.05, 0.1) is 16.6 Å². The Balaban J connectivity index is 2.00. The van der Waals surface area contributed by atoms with E-state index in [1.54, 1.807) is 30.3 Å². The lowest BCUT2D eigenvalue weighted by Gasteiger charge is -2.05. The Morgan fingerprint density at radius 1 is 1.10 bits per heavy atom. The molecule has 2 aromatic carbocycles. The monoisotopic (exact) mass is 299 g/mol. The minimum atomic E-state index is -1.30. The van der Waals surface area contributed by atoms with Crippen molar-refractivity contribution >= 4 is 22.3 Å². The molecule has 0 heterocycles. The number of ketones is 1. The number of carbonyl (C=O) groups is 1. The number of anilines is 1. The lowest BCUT2D eigenvalue weighted by Crippen LogP contribution is -2.11. The van der Waals surface area contributed by atoms with Gasteiger partial charge >= 0.3 is 0 Å². The highest BCUT2D eigenvalue weighted by molar-refractivity contribution is 7.85. The third-order valence-corrected chi connectivity index (χ3v) is 4.25. The van der Waals surface area contributed by atoms with Crippen LogP contribution in [0.25, 0.3) is 0 Å². The molecule has 1 unspecified atom stereocenters. The van der Waals surface area contributed by atoms with Gasteiger partial charge in [0.2, 0.25) is 0 Å². The predicted molar refractivity (Wildman–Crippen MR) is 87.2 cm³/mol. The van der Waals surface area contributed by atoms with Crippen LogP contribution in [0.2, 0.25) is 0 Å². The van der Waals surface area contributed by atoms with Gasteiger partial charge in [0.25, 0.3) is 0 Å². The van der Waals surface area contributed by atoms with Crippen LogP contribution < -0.4 is 5.32 Å². The Morgan fingerprint density at radius 2 is 1.76 bits per heavy atom. The van der Waals surface area contributed by atoms with E-state index in [4.69, 9.17) is 0 Å². The number of rotatable bonds is 7. The first kappa shape index (κ1) is 15.2. The van der Waals surface area contributed by atoms with Crippen LogP contribution in [0.15, 0.2) is 72.1 Å². The fourth-order valence-corrected chi connectivity index (χ4v) is 2.85. The minimum absolute atomic E-state index is 0.00342. The van der Waals surface area contributed by atoms with Crippen LogP contribution >= 0.6 is 0 Å². The topological polar surface area (TPSA) is 46.2 Å². The third kappa shape index (κ3) is 4.39. The van der Waals surface area contributed by atoms with Crippen molar-refractivity contribution in [2.24, 2.45) is 0 Å². The summed E-state index contributed by atoms with van der Waals surface area (Å²) in [5.41, 5.74) is 1.50. The highest BCUT2D eigenvalue weighted by atomic mass is 32.2. The van der Waals surface area contributed by atoms with Crippen molar-refractivity contribution in [3.8, 4) is 0 Å². The van der Waals surface area contributed by atoms with Crippen LogP contribution in [0.1, 0.15) is 10.4 Å². The summed E-state index contributed by atoms with van der Waals surface area (Å²) in [6, 6.07) is 16.2. The molecule has 0 aliphatic carbocycles. The van der Waals surface area contributed by atoms with Gasteiger partial charge in [-0.05, 0) is 36.4 Å². The molecule has 1 atom stereocenters. The molecular weight excluding hydrogens is 282 g/mol. The van der Waals surface area contributed by atoms with Gasteiger partial charge < -0.3 is 5.32 Å². The van der Waals surface area contributed by atoms with Crippen molar-refractivity contribution in [1.82, 2.24) is 0 Å². The van der Waals surface area contributed by atoms with E-state index in [9.17, 15) is 9.00 Å². The zero-order chi connectivity index (χ0) is 15.1. The molecule has 4 heteroatoms. The summed E-state index contributed by atoms with van der Waals surface area (Å²) >= 11 is 0. The average molecular weight is 299 g/mol. The summed E-state index contributed by atoms with van der Waals surface area (Å²) in [6.45, 7) is 4.30. The Bertz CT molecular complexity index is 636. The largest absolute Gasteiger partial charge is 0.382 e. The van der Waals surface area contributed by atoms with Crippen LogP contribution in [0, 0.1) is 0 Å². The molecule has 3 nitrogen and oxygen atoms in total. The van der Waals surface area contributed by atoms with E-state index in [-0.39, 0.29) is 11.5 Å². The number of Topliss-reactive ketones (excluding diaryl/α,β-unsaturated/α-hetero) is 1. The van der Waals surface area contributed by atoms with Gasteiger partial charge in [0.15, 0.2) is 5.78 Å². The molecule has 0 saturated carbocycles. The summed E-state index contributed by atoms with van der Waals surface area (Å²) in [4.78, 5) is 12.8. The SMILES string of the molecule is C=CCNc1ccc(C(=O)CS(=O)c2ccccc2)cc1. The van der Waals surface area contributed by atoms with Crippen LogP contribution in [0.4, 0.5) is 5.69 Å². The molecule has 0 aliphatic rings. The zero-order valence-electron chi connectivity index (χ0n) is 11.6. The van der Waals surface area contributed by atoms with E-state index in [0.29, 0.717) is 17.0 Å². The van der Waals surface area contributed by atoms with Crippen molar-refractivity contribution in [2.45, 2.75) is 4.90 Å². The molecule has 1 N–H and O–H groups in total. The second kappa shape index (κ2) is 7.55. The quantitative estimate of drug-likeness (QED) is 0.630. The molecule has 0 amide bonds. The third-order valence-electron chi connectivity index (χ3n) is 2.93. The van der Waals surface area contributed by atoms with E-state index in [1.165, 1.54) is 0 Å². The smallest absolute Gasteiger partial charge is 0.175 e. The summed E-state index contributed by atoms with van der Waals surface area (Å²) < 4.78 is 12.1. The summed E-state index contributed by atoms with van der Waals surface area (Å²) in [6.07, 6.45) is 1.77. The summed E-state index contributed by atoms with van der Waals surface area (Å²) in [5, 5.41) is 3.14. The van der Waals surface area contributed by atoms with Crippen LogP contribution in [-0.2, 0) is 10.8 Å². The number of nitrogens with one attached hydrogen (secondary N) is 1. The van der Waals surface area contributed by atoms with Crippen LogP contribution in [0.3, 0.4) is 0 Å². The Kier molecular flexibility index (Phi) is 5.46. The second-order valence-corrected chi connectivity index (χ2v) is 5.92. The zero-order valence-corrected chi connectivity index (χ0v) is 12.4. The fourth-order valence-electron chi connectivity index (χ4n) is 1.82. The van der Waals surface area contributed by atoms with Gasteiger partial charge in [0.1, 0.15) is 0 Å². The van der Waals surface area contributed by atoms with Crippen molar-refractivity contribution in [2.75, 3.05) is 17.6 Å². The maximum Gasteiger partial charge on any atom is 0.175 e. The van der Waals surface area contributed by atoms with Gasteiger partial charge in [-0.3, -0.25) is 9.00 Å². The maximum absolute atomic E-state index is 12.1. The molecule has 0 bridgehead atoms. The number of carbonyl (C=O) groups excluding carboxylic acids is 1. The van der Waals surface area contributed by atoms with Crippen LogP contribution in [0.5, 0.6) is 0 Å². The summed E-state index contributed by atoms with van der Waals surface area (Å²) in [7, 11) is -1.30. The first-order valence-electron chi connectivity index (χ1n) is 6.62. The van der Waals surface area contributed by atoms with Crippen molar-refractivity contribution in [3.63, 3.8) is 0 Å². The molecule has 0 fully saturated rings. The van der Waals surface area contributed by atoms with E-state index in [2.05, 4.69) is 11.9 Å². The number of benzene rings is 2. The van der Waals surface area contributed by atoms with Crippen molar-refractivity contribution in [1.29, 1.82) is 0 Å². The van der Waals surface area contributed by atoms with Crippen molar-refractivity contribution < 1.29 is 9.00 Å². The molecule has 2 rings (SSSR count). The molecule has 0 radical (unpaired) electrons. The lowest BCUT2D eigenvalue weighted by molar-refractivity contribution is 0.102. The van der Waals surface area contributed by atoms with E-state index < -0.39 is 10.8 Å². The van der Waals surface area contributed by atoms with Gasteiger partial charge in [-0.15, -0.1) is 6.58 Å². The Morgan fingerprint density at radius 3 is 2.38 bits per heavy atom. The van der Waals surface area contributed by atoms with Crippen molar-refractivity contribution in [3.05, 3.63) is 72.8 Å². The lowest BCUT2D eigenvalue weighted by atomic mass is 10.1. The molecule has 0 aromatic heterocycles. The fraction of sp³-hybridized carbons (Fsp3) is 0.118. The first-order valence-corrected chi connectivity index (χ1v) is 7.94. The molecule has 21 heavy (non-hydrogen) atoms. The minimum Gasteiger partial charge on any atom is -0.382 e. The molecule has 0 aliphatic heterocycles. The summed E-state index contributed by atoms with van der Waals surface area (Å²) in [5.74, 6) is -0.115. The van der Waals surface area contributed by atoms with Gasteiger partial charge in [-0.25, -0.2) is 0 Å². The van der Waals surface area contributed by atoms with Gasteiger partial charge in [0, 0.05) is 22.7 Å². The maximum atomic E-state index is 12.1. The highest BCUT2D eigenvalue weighted by Gasteiger charge is 2.12. The standard InChI is InChI=1S/C17H17NO2S/c1-2-12-18-15-10-8-14(9-11-15)17(19)13-21(20)16-6-4-3-5-7-16/h2-11,18H,1,12-13H2. The molecule has 108 valence electrons. The van der Waals surface area contributed by atoms with E-state index in [0.717, 1.165) is 5.69 Å². The second-order valence-electron chi connectivity index (χ2n) is 4.47. The van der Waals surface area contributed by atoms with Gasteiger partial charge in [-0.2, -0.15) is 0 Å². The predicted octanol–water partition coefficient (Wildman–Crippen LogP) is 3.28. The molecule has 0 spiro atoms. The first-order chi connectivity index (χ1) is 10.2. The molecule has 0 saturated heterocycles. The van der Waals surface area contributed by atoms with Crippen LogP contribution in [-0.4, -0.2) is 22.3 Å². The van der Waals surface area contributed by atoms with E-state index in [1.807, 2.05) is 30.3 Å². The average Bonchev–Trinajstić information content (AvgIpc) is 2.54. The Hall–Kier alpha value is -2.20. The molecule has 2 aromatic rings. The van der Waals surface area contributed by atoms with E-state index >= 15 is 0 Å². The Labute approximate surface area is 127 Å². The highest BCUT2D eigenvalue weighted by Crippen LogP contribution is 2.12. The normalized spacial score (nSPS) is 11.6. The number of hydrogen-bond acceptors (Lipinski definition) is 3.